The molecule has 28 heavy (non-hydrogen) atoms. The number of hydrogen-bond acceptors (Lipinski definition) is 3. The zero-order valence-electron chi connectivity index (χ0n) is 16.7. The second-order valence-electron chi connectivity index (χ2n) is 8.21. The molecule has 1 aliphatic rings. The Kier molecular flexibility index (Phi) is 5.48. The number of halogens is 2. The lowest BCUT2D eigenvalue weighted by molar-refractivity contribution is -0.184. The number of aryl methyl sites for hydroxylation is 1. The summed E-state index contributed by atoms with van der Waals surface area (Å²) in [6.07, 6.45) is 0.691. The van der Waals surface area contributed by atoms with Crippen LogP contribution in [0.5, 0.6) is 0 Å². The van der Waals surface area contributed by atoms with Crippen molar-refractivity contribution < 1.29 is 14.3 Å². The van der Waals surface area contributed by atoms with Gasteiger partial charge in [-0.15, -0.1) is 0 Å². The van der Waals surface area contributed by atoms with E-state index >= 15 is 0 Å². The van der Waals surface area contributed by atoms with E-state index < -0.39 is 17.1 Å². The van der Waals surface area contributed by atoms with Gasteiger partial charge in [0.25, 0.3) is 0 Å². The predicted molar refractivity (Wildman–Crippen MR) is 113 cm³/mol. The average molecular weight is 419 g/mol. The summed E-state index contributed by atoms with van der Waals surface area (Å²) in [4.78, 5) is 26.2. The molecule has 1 heterocycles. The van der Waals surface area contributed by atoms with Crippen LogP contribution in [-0.2, 0) is 20.7 Å². The van der Waals surface area contributed by atoms with Crippen molar-refractivity contribution in [3.05, 3.63) is 57.6 Å². The first-order valence-electron chi connectivity index (χ1n) is 9.34. The molecule has 0 bridgehead atoms. The molecule has 0 spiro atoms. The van der Waals surface area contributed by atoms with Gasteiger partial charge in [-0.05, 0) is 74.6 Å². The summed E-state index contributed by atoms with van der Waals surface area (Å²) in [6.45, 7) is 8.92. The number of carbonyl (C=O) groups is 2. The fraction of sp³-hybridized carbons (Fsp3) is 0.391. The van der Waals surface area contributed by atoms with Gasteiger partial charge in [-0.25, -0.2) is 0 Å². The van der Waals surface area contributed by atoms with Crippen molar-refractivity contribution in [3.8, 4) is 11.1 Å². The number of benzene rings is 2. The standard InChI is InChI=1S/C23H24Cl2O3/c1-6-13-9-14(15-10-16(24)12-17(25)11-15)7-8-18(13)19-20(26)22(2,3)28-23(4,5)21(19)27/h7-12,19H,6H2,1-5H3. The smallest absolute Gasteiger partial charge is 0.179 e. The van der Waals surface area contributed by atoms with Crippen molar-refractivity contribution in [3.63, 3.8) is 0 Å². The highest BCUT2D eigenvalue weighted by atomic mass is 35.5. The van der Waals surface area contributed by atoms with Gasteiger partial charge < -0.3 is 4.74 Å². The zero-order chi connectivity index (χ0) is 20.9. The van der Waals surface area contributed by atoms with E-state index in [1.165, 1.54) is 0 Å². The van der Waals surface area contributed by atoms with Crippen molar-refractivity contribution in [2.75, 3.05) is 0 Å². The second-order valence-corrected chi connectivity index (χ2v) is 9.08. The number of Topliss-reactive ketones (excluding diaryl/α,β-unsaturated/α-hetero) is 2. The minimum atomic E-state index is -1.02. The van der Waals surface area contributed by atoms with Crippen LogP contribution in [0.2, 0.25) is 10.0 Å². The Hall–Kier alpha value is -1.68. The minimum Gasteiger partial charge on any atom is -0.354 e. The maximum Gasteiger partial charge on any atom is 0.179 e. The summed E-state index contributed by atoms with van der Waals surface area (Å²) in [5.41, 5.74) is 1.49. The molecule has 0 radical (unpaired) electrons. The van der Waals surface area contributed by atoms with E-state index in [0.717, 1.165) is 22.3 Å². The van der Waals surface area contributed by atoms with Crippen molar-refractivity contribution in [2.24, 2.45) is 0 Å². The van der Waals surface area contributed by atoms with Gasteiger partial charge in [0.05, 0.1) is 0 Å². The normalized spacial score (nSPS) is 19.1. The molecular formula is C23H24Cl2O3. The highest BCUT2D eigenvalue weighted by Crippen LogP contribution is 2.40. The van der Waals surface area contributed by atoms with Crippen molar-refractivity contribution in [2.45, 2.75) is 58.2 Å². The van der Waals surface area contributed by atoms with Gasteiger partial charge in [-0.1, -0.05) is 48.3 Å². The number of ketones is 2. The summed E-state index contributed by atoms with van der Waals surface area (Å²) in [5, 5.41) is 1.12. The maximum absolute atomic E-state index is 13.1. The third-order valence-corrected chi connectivity index (χ3v) is 5.69. The number of ether oxygens (including phenoxy) is 1. The van der Waals surface area contributed by atoms with E-state index in [2.05, 4.69) is 0 Å². The Balaban J connectivity index is 2.12. The van der Waals surface area contributed by atoms with E-state index in [0.29, 0.717) is 16.5 Å². The molecular weight excluding hydrogens is 395 g/mol. The molecule has 0 amide bonds. The Bertz CT molecular complexity index is 914. The van der Waals surface area contributed by atoms with Gasteiger partial charge in [-0.2, -0.15) is 0 Å². The van der Waals surface area contributed by atoms with Crippen LogP contribution in [0.1, 0.15) is 51.7 Å². The van der Waals surface area contributed by atoms with E-state index in [1.54, 1.807) is 33.8 Å². The van der Waals surface area contributed by atoms with E-state index in [-0.39, 0.29) is 11.6 Å². The molecule has 0 saturated carbocycles. The summed E-state index contributed by atoms with van der Waals surface area (Å²) < 4.78 is 5.80. The topological polar surface area (TPSA) is 43.4 Å². The first-order valence-corrected chi connectivity index (χ1v) is 10.1. The van der Waals surface area contributed by atoms with E-state index in [1.807, 2.05) is 37.3 Å². The largest absolute Gasteiger partial charge is 0.354 e. The first kappa shape index (κ1) is 21.0. The van der Waals surface area contributed by atoms with Gasteiger partial charge >= 0.3 is 0 Å². The molecule has 3 rings (SSSR count). The molecule has 0 aliphatic carbocycles. The highest BCUT2D eigenvalue weighted by Gasteiger charge is 2.53. The van der Waals surface area contributed by atoms with Crippen molar-refractivity contribution in [1.82, 2.24) is 0 Å². The van der Waals surface area contributed by atoms with E-state index in [4.69, 9.17) is 27.9 Å². The zero-order valence-corrected chi connectivity index (χ0v) is 18.2. The number of hydrogen-bond donors (Lipinski definition) is 0. The van der Waals surface area contributed by atoms with Gasteiger partial charge in [-0.3, -0.25) is 9.59 Å². The predicted octanol–water partition coefficient (Wildman–Crippen LogP) is 6.03. The Morgan fingerprint density at radius 3 is 1.89 bits per heavy atom. The van der Waals surface area contributed by atoms with Gasteiger partial charge in [0.1, 0.15) is 17.1 Å². The number of carbonyl (C=O) groups excluding carboxylic acids is 2. The molecule has 2 aromatic carbocycles. The van der Waals surface area contributed by atoms with Gasteiger partial charge in [0.15, 0.2) is 11.6 Å². The van der Waals surface area contributed by atoms with Crippen molar-refractivity contribution >= 4 is 34.8 Å². The SMILES string of the molecule is CCc1cc(-c2cc(Cl)cc(Cl)c2)ccc1C1C(=O)C(C)(C)OC(C)(C)C1=O. The molecule has 1 aliphatic heterocycles. The highest BCUT2D eigenvalue weighted by molar-refractivity contribution is 6.35. The monoisotopic (exact) mass is 418 g/mol. The lowest BCUT2D eigenvalue weighted by atomic mass is 9.73. The van der Waals surface area contributed by atoms with Crippen LogP contribution in [0.15, 0.2) is 36.4 Å². The maximum atomic E-state index is 13.1. The summed E-state index contributed by atoms with van der Waals surface area (Å²) in [6, 6.07) is 11.2. The minimum absolute atomic E-state index is 0.204. The van der Waals surface area contributed by atoms with Gasteiger partial charge in [0, 0.05) is 10.0 Å². The third kappa shape index (κ3) is 3.76. The fourth-order valence-corrected chi connectivity index (χ4v) is 4.45. The lowest BCUT2D eigenvalue weighted by Crippen LogP contribution is -2.58. The van der Waals surface area contributed by atoms with Crippen LogP contribution in [-0.4, -0.2) is 22.8 Å². The quantitative estimate of drug-likeness (QED) is 0.571. The van der Waals surface area contributed by atoms with Crippen LogP contribution >= 0.6 is 23.2 Å². The Morgan fingerprint density at radius 1 is 0.857 bits per heavy atom. The number of rotatable bonds is 3. The second kappa shape index (κ2) is 7.29. The Labute approximate surface area is 176 Å². The molecule has 0 unspecified atom stereocenters. The lowest BCUT2D eigenvalue weighted by Gasteiger charge is -2.43. The van der Waals surface area contributed by atoms with Crippen LogP contribution in [0.3, 0.4) is 0 Å². The third-order valence-electron chi connectivity index (χ3n) is 5.25. The van der Waals surface area contributed by atoms with Crippen LogP contribution < -0.4 is 0 Å². The van der Waals surface area contributed by atoms with Crippen LogP contribution in [0.25, 0.3) is 11.1 Å². The molecule has 2 aromatic rings. The van der Waals surface area contributed by atoms with E-state index in [9.17, 15) is 9.59 Å². The fourth-order valence-electron chi connectivity index (χ4n) is 3.93. The molecule has 148 valence electrons. The molecule has 0 N–H and O–H groups in total. The molecule has 3 nitrogen and oxygen atoms in total. The Morgan fingerprint density at radius 2 is 1.39 bits per heavy atom. The molecule has 0 aromatic heterocycles. The molecule has 5 heteroatoms. The first-order chi connectivity index (χ1) is 13.0. The molecule has 1 saturated heterocycles. The van der Waals surface area contributed by atoms with Crippen LogP contribution in [0, 0.1) is 0 Å². The summed E-state index contributed by atoms with van der Waals surface area (Å²) in [7, 11) is 0. The summed E-state index contributed by atoms with van der Waals surface area (Å²) >= 11 is 12.3. The van der Waals surface area contributed by atoms with Gasteiger partial charge in [0.2, 0.25) is 0 Å². The molecule has 0 atom stereocenters. The average Bonchev–Trinajstić information content (AvgIpc) is 2.59. The summed E-state index contributed by atoms with van der Waals surface area (Å²) in [5.74, 6) is -1.24. The van der Waals surface area contributed by atoms with Crippen molar-refractivity contribution in [1.29, 1.82) is 0 Å². The van der Waals surface area contributed by atoms with Crippen LogP contribution in [0.4, 0.5) is 0 Å². The molecule has 1 fully saturated rings.